The number of rotatable bonds is 7. The summed E-state index contributed by atoms with van der Waals surface area (Å²) in [5.74, 6) is -4.41. The third-order valence-electron chi connectivity index (χ3n) is 1.97. The number of hydrogen-bond acceptors (Lipinski definition) is 6. The minimum Gasteiger partial charge on any atom is -0.464 e. The molecule has 0 aliphatic carbocycles. The summed E-state index contributed by atoms with van der Waals surface area (Å²) in [6.45, 7) is 10.3. The molecule has 20 heavy (non-hydrogen) atoms. The van der Waals surface area contributed by atoms with Gasteiger partial charge in [-0.2, -0.15) is 0 Å². The molecule has 0 spiro atoms. The SMILES string of the molecule is CC(C)COC(=O)C(C(=O)OC(C)C)C(=O)OC(C)C. The smallest absolute Gasteiger partial charge is 0.332 e. The fraction of sp³-hybridized carbons (Fsp3) is 0.786. The summed E-state index contributed by atoms with van der Waals surface area (Å²) >= 11 is 0. The van der Waals surface area contributed by atoms with Crippen molar-refractivity contribution in [3.8, 4) is 0 Å². The molecule has 0 aliphatic heterocycles. The van der Waals surface area contributed by atoms with Crippen molar-refractivity contribution in [2.45, 2.75) is 53.8 Å². The zero-order valence-corrected chi connectivity index (χ0v) is 13.0. The molecule has 0 unspecified atom stereocenters. The molecule has 0 aromatic rings. The van der Waals surface area contributed by atoms with Gasteiger partial charge in [0.05, 0.1) is 18.8 Å². The van der Waals surface area contributed by atoms with E-state index in [1.807, 2.05) is 13.8 Å². The molecule has 0 radical (unpaired) electrons. The van der Waals surface area contributed by atoms with Crippen molar-refractivity contribution < 1.29 is 28.6 Å². The highest BCUT2D eigenvalue weighted by molar-refractivity contribution is 6.12. The maximum absolute atomic E-state index is 11.9. The summed E-state index contributed by atoms with van der Waals surface area (Å²) in [7, 11) is 0. The minimum atomic E-state index is -1.68. The second kappa shape index (κ2) is 8.55. The normalized spacial score (nSPS) is 11.1. The van der Waals surface area contributed by atoms with Gasteiger partial charge in [0.25, 0.3) is 5.92 Å². The fourth-order valence-electron chi connectivity index (χ4n) is 1.22. The van der Waals surface area contributed by atoms with Gasteiger partial charge in [-0.3, -0.25) is 14.4 Å². The van der Waals surface area contributed by atoms with Gasteiger partial charge in [-0.1, -0.05) is 13.8 Å². The van der Waals surface area contributed by atoms with E-state index in [0.717, 1.165) is 0 Å². The Hall–Kier alpha value is -1.59. The van der Waals surface area contributed by atoms with E-state index in [-0.39, 0.29) is 12.5 Å². The molecule has 0 aromatic carbocycles. The quantitative estimate of drug-likeness (QED) is 0.403. The average molecular weight is 288 g/mol. The Morgan fingerprint density at radius 3 is 1.45 bits per heavy atom. The van der Waals surface area contributed by atoms with E-state index in [0.29, 0.717) is 0 Å². The molecule has 0 N–H and O–H groups in total. The van der Waals surface area contributed by atoms with Crippen LogP contribution in [-0.4, -0.2) is 36.7 Å². The van der Waals surface area contributed by atoms with Crippen molar-refractivity contribution >= 4 is 17.9 Å². The van der Waals surface area contributed by atoms with Gasteiger partial charge in [0.1, 0.15) is 0 Å². The van der Waals surface area contributed by atoms with Crippen LogP contribution < -0.4 is 0 Å². The Morgan fingerprint density at radius 2 is 1.15 bits per heavy atom. The molecule has 0 saturated heterocycles. The number of carbonyl (C=O) groups is 3. The Labute approximate surface area is 119 Å². The predicted molar refractivity (Wildman–Crippen MR) is 71.7 cm³/mol. The Bertz CT molecular complexity index is 324. The average Bonchev–Trinajstić information content (AvgIpc) is 2.24. The molecule has 0 rings (SSSR count). The van der Waals surface area contributed by atoms with Crippen LogP contribution >= 0.6 is 0 Å². The van der Waals surface area contributed by atoms with Crippen molar-refractivity contribution in [1.29, 1.82) is 0 Å². The molecule has 0 saturated carbocycles. The van der Waals surface area contributed by atoms with Gasteiger partial charge < -0.3 is 14.2 Å². The van der Waals surface area contributed by atoms with Crippen molar-refractivity contribution in [3.63, 3.8) is 0 Å². The summed E-state index contributed by atoms with van der Waals surface area (Å²) in [5.41, 5.74) is 0. The van der Waals surface area contributed by atoms with Crippen molar-refractivity contribution in [2.75, 3.05) is 6.61 Å². The lowest BCUT2D eigenvalue weighted by molar-refractivity contribution is -0.175. The zero-order valence-electron chi connectivity index (χ0n) is 13.0. The second-order valence-corrected chi connectivity index (χ2v) is 5.43. The summed E-state index contributed by atoms with van der Waals surface area (Å²) < 4.78 is 14.7. The van der Waals surface area contributed by atoms with Crippen molar-refractivity contribution in [3.05, 3.63) is 0 Å². The second-order valence-electron chi connectivity index (χ2n) is 5.43. The van der Waals surface area contributed by atoms with Crippen LogP contribution in [0.4, 0.5) is 0 Å². The molecule has 0 heterocycles. The van der Waals surface area contributed by atoms with Crippen LogP contribution in [0.2, 0.25) is 0 Å². The number of ether oxygens (including phenoxy) is 3. The van der Waals surface area contributed by atoms with Gasteiger partial charge >= 0.3 is 17.9 Å². The standard InChI is InChI=1S/C14H24O6/c1-8(2)7-18-12(15)11(13(16)19-9(3)4)14(17)20-10(5)6/h8-11H,7H2,1-6H3. The van der Waals surface area contributed by atoms with Crippen LogP contribution in [0.15, 0.2) is 0 Å². The highest BCUT2D eigenvalue weighted by atomic mass is 16.6. The van der Waals surface area contributed by atoms with Crippen molar-refractivity contribution in [2.24, 2.45) is 11.8 Å². The van der Waals surface area contributed by atoms with E-state index < -0.39 is 36.0 Å². The van der Waals surface area contributed by atoms with Crippen LogP contribution in [0.25, 0.3) is 0 Å². The lowest BCUT2D eigenvalue weighted by atomic mass is 10.1. The number of carbonyl (C=O) groups excluding carboxylic acids is 3. The molecular weight excluding hydrogens is 264 g/mol. The maximum Gasteiger partial charge on any atom is 0.332 e. The van der Waals surface area contributed by atoms with E-state index in [4.69, 9.17) is 14.2 Å². The van der Waals surface area contributed by atoms with Crippen LogP contribution in [0, 0.1) is 11.8 Å². The van der Waals surface area contributed by atoms with Gasteiger partial charge in [-0.25, -0.2) is 0 Å². The summed E-state index contributed by atoms with van der Waals surface area (Å²) in [6, 6.07) is 0. The van der Waals surface area contributed by atoms with E-state index in [2.05, 4.69) is 0 Å². The monoisotopic (exact) mass is 288 g/mol. The van der Waals surface area contributed by atoms with E-state index >= 15 is 0 Å². The highest BCUT2D eigenvalue weighted by Crippen LogP contribution is 2.11. The minimum absolute atomic E-state index is 0.0989. The van der Waals surface area contributed by atoms with E-state index in [1.165, 1.54) is 0 Å². The molecule has 116 valence electrons. The molecule has 0 amide bonds. The number of hydrogen-bond donors (Lipinski definition) is 0. The van der Waals surface area contributed by atoms with Gasteiger partial charge in [0.15, 0.2) is 0 Å². The maximum atomic E-state index is 11.9. The molecular formula is C14H24O6. The first-order valence-corrected chi connectivity index (χ1v) is 6.72. The third-order valence-corrected chi connectivity index (χ3v) is 1.97. The van der Waals surface area contributed by atoms with E-state index in [9.17, 15) is 14.4 Å². The first kappa shape index (κ1) is 18.4. The largest absolute Gasteiger partial charge is 0.464 e. The molecule has 0 bridgehead atoms. The summed E-state index contributed by atoms with van der Waals surface area (Å²) in [4.78, 5) is 35.5. The lowest BCUT2D eigenvalue weighted by Crippen LogP contribution is -2.38. The molecule has 0 fully saturated rings. The Morgan fingerprint density at radius 1 is 0.750 bits per heavy atom. The molecule has 6 nitrogen and oxygen atoms in total. The predicted octanol–water partition coefficient (Wildman–Crippen LogP) is 1.70. The number of esters is 3. The van der Waals surface area contributed by atoms with Crippen LogP contribution in [0.3, 0.4) is 0 Å². The molecule has 0 aliphatic rings. The lowest BCUT2D eigenvalue weighted by Gasteiger charge is -2.18. The first-order valence-electron chi connectivity index (χ1n) is 6.72. The molecule has 6 heteroatoms. The molecule has 0 aromatic heterocycles. The fourth-order valence-corrected chi connectivity index (χ4v) is 1.22. The summed E-state index contributed by atoms with van der Waals surface area (Å²) in [5, 5.41) is 0. The first-order chi connectivity index (χ1) is 9.15. The topological polar surface area (TPSA) is 78.9 Å². The van der Waals surface area contributed by atoms with Gasteiger partial charge in [0, 0.05) is 0 Å². The third kappa shape index (κ3) is 7.11. The van der Waals surface area contributed by atoms with Crippen LogP contribution in [-0.2, 0) is 28.6 Å². The highest BCUT2D eigenvalue weighted by Gasteiger charge is 2.39. The van der Waals surface area contributed by atoms with Gasteiger partial charge in [-0.15, -0.1) is 0 Å². The van der Waals surface area contributed by atoms with Crippen LogP contribution in [0.1, 0.15) is 41.5 Å². The Kier molecular flexibility index (Phi) is 7.87. The van der Waals surface area contributed by atoms with Crippen molar-refractivity contribution in [1.82, 2.24) is 0 Å². The summed E-state index contributed by atoms with van der Waals surface area (Å²) in [6.07, 6.45) is -0.871. The van der Waals surface area contributed by atoms with E-state index in [1.54, 1.807) is 27.7 Å². The zero-order chi connectivity index (χ0) is 15.9. The van der Waals surface area contributed by atoms with Gasteiger partial charge in [-0.05, 0) is 33.6 Å². The molecule has 0 atom stereocenters. The van der Waals surface area contributed by atoms with Gasteiger partial charge in [0.2, 0.25) is 0 Å². The Balaban J connectivity index is 4.90. The van der Waals surface area contributed by atoms with Crippen LogP contribution in [0.5, 0.6) is 0 Å².